The van der Waals surface area contributed by atoms with Crippen LogP contribution in [0.25, 0.3) is 22.0 Å². The Balaban J connectivity index is 1.61. The SMILES string of the molecule is CNCCCNc1nc(NCC2CCNCC2)c2cc(-c3ccccc3)ccc2n1. The predicted molar refractivity (Wildman–Crippen MR) is 126 cm³/mol. The maximum atomic E-state index is 4.85. The molecule has 0 amide bonds. The number of piperidine rings is 1. The molecular formula is C24H32N6. The molecule has 1 saturated heterocycles. The van der Waals surface area contributed by atoms with Gasteiger partial charge in [0.15, 0.2) is 0 Å². The van der Waals surface area contributed by atoms with E-state index in [-0.39, 0.29) is 0 Å². The molecule has 1 aromatic heterocycles. The van der Waals surface area contributed by atoms with Crippen LogP contribution in [0.1, 0.15) is 19.3 Å². The number of fused-ring (bicyclic) bond motifs is 1. The van der Waals surface area contributed by atoms with Crippen LogP contribution in [0.5, 0.6) is 0 Å². The molecule has 0 bridgehead atoms. The highest BCUT2D eigenvalue weighted by molar-refractivity contribution is 5.93. The fourth-order valence-corrected chi connectivity index (χ4v) is 3.94. The van der Waals surface area contributed by atoms with Crippen LogP contribution in [0, 0.1) is 5.92 Å². The predicted octanol–water partition coefficient (Wildman–Crippen LogP) is 3.73. The molecular weight excluding hydrogens is 372 g/mol. The largest absolute Gasteiger partial charge is 0.369 e. The van der Waals surface area contributed by atoms with Crippen LogP contribution in [0.15, 0.2) is 48.5 Å². The van der Waals surface area contributed by atoms with Crippen molar-refractivity contribution in [2.45, 2.75) is 19.3 Å². The van der Waals surface area contributed by atoms with Crippen molar-refractivity contribution in [3.05, 3.63) is 48.5 Å². The summed E-state index contributed by atoms with van der Waals surface area (Å²) in [7, 11) is 1.97. The fraction of sp³-hybridized carbons (Fsp3) is 0.417. The molecule has 4 rings (SSSR count). The van der Waals surface area contributed by atoms with Crippen LogP contribution >= 0.6 is 0 Å². The smallest absolute Gasteiger partial charge is 0.225 e. The van der Waals surface area contributed by atoms with Crippen LogP contribution in [0.3, 0.4) is 0 Å². The second-order valence-corrected chi connectivity index (χ2v) is 7.95. The lowest BCUT2D eigenvalue weighted by Crippen LogP contribution is -2.31. The van der Waals surface area contributed by atoms with Crippen molar-refractivity contribution in [3.63, 3.8) is 0 Å². The molecule has 1 aliphatic rings. The standard InChI is InChI=1S/C24H32N6/c1-25-12-5-13-27-24-29-22-9-8-20(19-6-3-2-4-7-19)16-21(22)23(30-24)28-17-18-10-14-26-15-11-18/h2-4,6-9,16,18,25-26H,5,10-15,17H2,1H3,(H2,27,28,29,30). The Morgan fingerprint density at radius 2 is 1.77 bits per heavy atom. The van der Waals surface area contributed by atoms with E-state index in [0.29, 0.717) is 11.9 Å². The number of hydrogen-bond donors (Lipinski definition) is 4. The second kappa shape index (κ2) is 10.4. The maximum absolute atomic E-state index is 4.85. The van der Waals surface area contributed by atoms with Crippen molar-refractivity contribution in [1.29, 1.82) is 0 Å². The van der Waals surface area contributed by atoms with Gasteiger partial charge in [-0.3, -0.25) is 0 Å². The maximum Gasteiger partial charge on any atom is 0.225 e. The van der Waals surface area contributed by atoms with Gasteiger partial charge in [-0.2, -0.15) is 4.98 Å². The van der Waals surface area contributed by atoms with E-state index in [4.69, 9.17) is 9.97 Å². The zero-order valence-corrected chi connectivity index (χ0v) is 17.7. The summed E-state index contributed by atoms with van der Waals surface area (Å²) >= 11 is 0. The van der Waals surface area contributed by atoms with Gasteiger partial charge in [-0.25, -0.2) is 4.98 Å². The van der Waals surface area contributed by atoms with Gasteiger partial charge in [0, 0.05) is 18.5 Å². The molecule has 2 aromatic carbocycles. The van der Waals surface area contributed by atoms with Crippen molar-refractivity contribution in [2.24, 2.45) is 5.92 Å². The van der Waals surface area contributed by atoms with Crippen molar-refractivity contribution in [3.8, 4) is 11.1 Å². The molecule has 6 heteroatoms. The number of nitrogens with zero attached hydrogens (tertiary/aromatic N) is 2. The van der Waals surface area contributed by atoms with Gasteiger partial charge < -0.3 is 21.3 Å². The van der Waals surface area contributed by atoms with Gasteiger partial charge in [-0.15, -0.1) is 0 Å². The quantitative estimate of drug-likeness (QED) is 0.407. The number of benzene rings is 2. The van der Waals surface area contributed by atoms with Crippen molar-refractivity contribution in [2.75, 3.05) is 50.4 Å². The van der Waals surface area contributed by atoms with E-state index < -0.39 is 0 Å². The fourth-order valence-electron chi connectivity index (χ4n) is 3.94. The topological polar surface area (TPSA) is 73.9 Å². The van der Waals surface area contributed by atoms with E-state index in [1.54, 1.807) is 0 Å². The van der Waals surface area contributed by atoms with Gasteiger partial charge in [-0.05, 0) is 75.1 Å². The number of hydrogen-bond acceptors (Lipinski definition) is 6. The van der Waals surface area contributed by atoms with Crippen LogP contribution < -0.4 is 21.3 Å². The van der Waals surface area contributed by atoms with Crippen molar-refractivity contribution < 1.29 is 0 Å². The third kappa shape index (κ3) is 5.26. The van der Waals surface area contributed by atoms with Gasteiger partial charge in [0.05, 0.1) is 5.52 Å². The molecule has 2 heterocycles. The highest BCUT2D eigenvalue weighted by Gasteiger charge is 2.15. The number of aromatic nitrogens is 2. The number of nitrogens with one attached hydrogen (secondary N) is 4. The molecule has 0 radical (unpaired) electrons. The molecule has 30 heavy (non-hydrogen) atoms. The molecule has 0 aliphatic carbocycles. The van der Waals surface area contributed by atoms with E-state index in [2.05, 4.69) is 63.7 Å². The molecule has 1 fully saturated rings. The average Bonchev–Trinajstić information content (AvgIpc) is 2.81. The van der Waals surface area contributed by atoms with Crippen LogP contribution in [-0.2, 0) is 0 Å². The molecule has 0 unspecified atom stereocenters. The first-order valence-corrected chi connectivity index (χ1v) is 11.0. The summed E-state index contributed by atoms with van der Waals surface area (Å²) in [6, 6.07) is 16.9. The van der Waals surface area contributed by atoms with E-state index >= 15 is 0 Å². The summed E-state index contributed by atoms with van der Waals surface area (Å²) in [4.78, 5) is 9.62. The zero-order chi connectivity index (χ0) is 20.6. The summed E-state index contributed by atoms with van der Waals surface area (Å²) in [6.07, 6.45) is 3.45. The molecule has 0 saturated carbocycles. The highest BCUT2D eigenvalue weighted by atomic mass is 15.1. The van der Waals surface area contributed by atoms with E-state index in [9.17, 15) is 0 Å². The monoisotopic (exact) mass is 404 g/mol. The second-order valence-electron chi connectivity index (χ2n) is 7.95. The number of rotatable bonds is 9. The minimum Gasteiger partial charge on any atom is -0.369 e. The third-order valence-corrected chi connectivity index (χ3v) is 5.71. The number of anilines is 2. The molecule has 4 N–H and O–H groups in total. The van der Waals surface area contributed by atoms with Crippen molar-refractivity contribution >= 4 is 22.7 Å². The highest BCUT2D eigenvalue weighted by Crippen LogP contribution is 2.29. The Kier molecular flexibility index (Phi) is 7.11. The molecule has 158 valence electrons. The first-order chi connectivity index (χ1) is 14.8. The Bertz CT molecular complexity index is 937. The Labute approximate surface area is 178 Å². The normalized spacial score (nSPS) is 14.7. The third-order valence-electron chi connectivity index (χ3n) is 5.71. The molecule has 0 spiro atoms. The minimum absolute atomic E-state index is 0.681. The van der Waals surface area contributed by atoms with Crippen LogP contribution in [-0.4, -0.2) is 49.7 Å². The summed E-state index contributed by atoms with van der Waals surface area (Å²) in [5.74, 6) is 2.30. The summed E-state index contributed by atoms with van der Waals surface area (Å²) in [5.41, 5.74) is 3.36. The first kappa shape index (κ1) is 20.6. The van der Waals surface area contributed by atoms with Crippen LogP contribution in [0.2, 0.25) is 0 Å². The van der Waals surface area contributed by atoms with Gasteiger partial charge in [0.25, 0.3) is 0 Å². The van der Waals surface area contributed by atoms with E-state index in [0.717, 1.165) is 55.9 Å². The lowest BCUT2D eigenvalue weighted by Gasteiger charge is -2.23. The van der Waals surface area contributed by atoms with Crippen LogP contribution in [0.4, 0.5) is 11.8 Å². The minimum atomic E-state index is 0.681. The summed E-state index contributed by atoms with van der Waals surface area (Å²) in [6.45, 7) is 4.98. The average molecular weight is 405 g/mol. The Hall–Kier alpha value is -2.70. The van der Waals surface area contributed by atoms with Crippen molar-refractivity contribution in [1.82, 2.24) is 20.6 Å². The molecule has 1 aliphatic heterocycles. The Morgan fingerprint density at radius 3 is 2.57 bits per heavy atom. The summed E-state index contributed by atoms with van der Waals surface area (Å²) < 4.78 is 0. The van der Waals surface area contributed by atoms with Gasteiger partial charge in [-0.1, -0.05) is 36.4 Å². The van der Waals surface area contributed by atoms with Gasteiger partial charge >= 0.3 is 0 Å². The Morgan fingerprint density at radius 1 is 0.933 bits per heavy atom. The first-order valence-electron chi connectivity index (χ1n) is 11.0. The van der Waals surface area contributed by atoms with E-state index in [1.165, 1.54) is 24.0 Å². The summed E-state index contributed by atoms with van der Waals surface area (Å²) in [5, 5.41) is 14.7. The van der Waals surface area contributed by atoms with Gasteiger partial charge in [0.2, 0.25) is 5.95 Å². The zero-order valence-electron chi connectivity index (χ0n) is 17.7. The molecule has 6 nitrogen and oxygen atoms in total. The molecule has 3 aromatic rings. The lowest BCUT2D eigenvalue weighted by atomic mass is 9.98. The van der Waals surface area contributed by atoms with E-state index in [1.807, 2.05) is 13.1 Å². The lowest BCUT2D eigenvalue weighted by molar-refractivity contribution is 0.389. The van der Waals surface area contributed by atoms with Gasteiger partial charge in [0.1, 0.15) is 5.82 Å². The molecule has 0 atom stereocenters.